The molecule has 1 aromatic heterocycles. The first-order valence-electron chi connectivity index (χ1n) is 7.10. The van der Waals surface area contributed by atoms with Crippen LogP contribution in [0, 0.1) is 0 Å². The van der Waals surface area contributed by atoms with Gasteiger partial charge in [0.25, 0.3) is 0 Å². The lowest BCUT2D eigenvalue weighted by molar-refractivity contribution is -0.113. The van der Waals surface area contributed by atoms with Crippen molar-refractivity contribution in [2.45, 2.75) is 4.90 Å². The summed E-state index contributed by atoms with van der Waals surface area (Å²) in [6.07, 6.45) is 0. The van der Waals surface area contributed by atoms with Crippen molar-refractivity contribution in [1.29, 1.82) is 0 Å². The molecule has 0 spiro atoms. The number of nitrogens with one attached hydrogen (secondary N) is 1. The Labute approximate surface area is 153 Å². The summed E-state index contributed by atoms with van der Waals surface area (Å²) < 4.78 is 0. The number of hydrogen-bond donors (Lipinski definition) is 2. The largest absolute Gasteiger partial charge is 0.399 e. The fourth-order valence-electron chi connectivity index (χ4n) is 1.95. The third-order valence-electron chi connectivity index (χ3n) is 3.14. The summed E-state index contributed by atoms with van der Waals surface area (Å²) >= 11 is 8.74. The highest BCUT2D eigenvalue weighted by atomic mass is 35.5. The van der Waals surface area contributed by atoms with Crippen molar-refractivity contribution in [1.82, 2.24) is 4.98 Å². The number of anilines is 2. The highest BCUT2D eigenvalue weighted by Gasteiger charge is 2.09. The molecule has 0 aliphatic rings. The van der Waals surface area contributed by atoms with Crippen LogP contribution in [0.2, 0.25) is 5.02 Å². The van der Waals surface area contributed by atoms with E-state index >= 15 is 0 Å². The SMILES string of the molecule is Nc1ccc(SCC(=O)Nc2nc(-c3ccc(Cl)cc3)cs2)cc1. The summed E-state index contributed by atoms with van der Waals surface area (Å²) in [4.78, 5) is 17.5. The average molecular weight is 376 g/mol. The number of benzene rings is 2. The van der Waals surface area contributed by atoms with Crippen LogP contribution in [0.1, 0.15) is 0 Å². The maximum absolute atomic E-state index is 12.0. The summed E-state index contributed by atoms with van der Waals surface area (Å²) in [5, 5.41) is 6.00. The van der Waals surface area contributed by atoms with E-state index in [-0.39, 0.29) is 5.91 Å². The van der Waals surface area contributed by atoms with Gasteiger partial charge in [-0.25, -0.2) is 4.98 Å². The number of rotatable bonds is 5. The van der Waals surface area contributed by atoms with Crippen molar-refractivity contribution in [3.63, 3.8) is 0 Å². The van der Waals surface area contributed by atoms with Gasteiger partial charge in [0.05, 0.1) is 11.4 Å². The highest BCUT2D eigenvalue weighted by molar-refractivity contribution is 8.00. The zero-order valence-electron chi connectivity index (χ0n) is 12.5. The second-order valence-corrected chi connectivity index (χ2v) is 7.29. The monoisotopic (exact) mass is 375 g/mol. The van der Waals surface area contributed by atoms with Crippen LogP contribution in [0.25, 0.3) is 11.3 Å². The van der Waals surface area contributed by atoms with E-state index in [1.165, 1.54) is 23.1 Å². The fraction of sp³-hybridized carbons (Fsp3) is 0.0588. The number of hydrogen-bond acceptors (Lipinski definition) is 5. The molecule has 0 unspecified atom stereocenters. The van der Waals surface area contributed by atoms with Gasteiger partial charge < -0.3 is 11.1 Å². The van der Waals surface area contributed by atoms with E-state index in [1.54, 1.807) is 0 Å². The molecule has 0 aliphatic carbocycles. The van der Waals surface area contributed by atoms with Gasteiger partial charge in [-0.15, -0.1) is 23.1 Å². The van der Waals surface area contributed by atoms with E-state index in [1.807, 2.05) is 53.9 Å². The molecule has 3 rings (SSSR count). The van der Waals surface area contributed by atoms with E-state index < -0.39 is 0 Å². The standard InChI is InChI=1S/C17H14ClN3OS2/c18-12-3-1-11(2-4-12)15-9-24-17(20-15)21-16(22)10-23-14-7-5-13(19)6-8-14/h1-9H,10,19H2,(H,20,21,22). The van der Waals surface area contributed by atoms with E-state index in [0.29, 0.717) is 21.6 Å². The molecule has 1 amide bonds. The second kappa shape index (κ2) is 7.70. The van der Waals surface area contributed by atoms with Crippen molar-refractivity contribution < 1.29 is 4.79 Å². The van der Waals surface area contributed by atoms with Crippen molar-refractivity contribution in [2.24, 2.45) is 0 Å². The summed E-state index contributed by atoms with van der Waals surface area (Å²) in [7, 11) is 0. The number of nitrogens with zero attached hydrogens (tertiary/aromatic N) is 1. The molecular formula is C17H14ClN3OS2. The minimum atomic E-state index is -0.0890. The molecule has 0 saturated heterocycles. The molecule has 0 atom stereocenters. The lowest BCUT2D eigenvalue weighted by atomic mass is 10.2. The van der Waals surface area contributed by atoms with Crippen molar-refractivity contribution in [3.8, 4) is 11.3 Å². The molecule has 2 aromatic carbocycles. The van der Waals surface area contributed by atoms with Gasteiger partial charge in [0, 0.05) is 26.5 Å². The molecular weight excluding hydrogens is 362 g/mol. The number of amides is 1. The molecule has 0 radical (unpaired) electrons. The topological polar surface area (TPSA) is 68.0 Å². The van der Waals surface area contributed by atoms with E-state index in [9.17, 15) is 4.79 Å². The van der Waals surface area contributed by atoms with Crippen LogP contribution in [-0.2, 0) is 4.79 Å². The summed E-state index contributed by atoms with van der Waals surface area (Å²) in [6.45, 7) is 0. The third-order valence-corrected chi connectivity index (χ3v) is 5.16. The Morgan fingerprint density at radius 3 is 2.58 bits per heavy atom. The van der Waals surface area contributed by atoms with Crippen LogP contribution in [0.15, 0.2) is 58.8 Å². The Kier molecular flexibility index (Phi) is 5.40. The van der Waals surface area contributed by atoms with Crippen LogP contribution in [0.4, 0.5) is 10.8 Å². The number of halogens is 1. The van der Waals surface area contributed by atoms with E-state index in [0.717, 1.165) is 16.2 Å². The number of nitrogen functional groups attached to an aromatic ring is 1. The quantitative estimate of drug-likeness (QED) is 0.497. The van der Waals surface area contributed by atoms with Gasteiger partial charge in [0.2, 0.25) is 5.91 Å². The van der Waals surface area contributed by atoms with Gasteiger partial charge in [-0.1, -0.05) is 23.7 Å². The number of thioether (sulfide) groups is 1. The molecule has 1 heterocycles. The lowest BCUT2D eigenvalue weighted by Gasteiger charge is -2.02. The third kappa shape index (κ3) is 4.50. The van der Waals surface area contributed by atoms with E-state index in [4.69, 9.17) is 17.3 Å². The molecule has 3 N–H and O–H groups in total. The molecule has 0 bridgehead atoms. The second-order valence-electron chi connectivity index (χ2n) is 4.95. The fourth-order valence-corrected chi connectivity index (χ4v) is 3.51. The lowest BCUT2D eigenvalue weighted by Crippen LogP contribution is -2.13. The van der Waals surface area contributed by atoms with Crippen molar-refractivity contribution in [3.05, 3.63) is 58.9 Å². The maximum Gasteiger partial charge on any atom is 0.236 e. The Balaban J connectivity index is 1.57. The molecule has 0 aliphatic heterocycles. The van der Waals surface area contributed by atoms with E-state index in [2.05, 4.69) is 10.3 Å². The van der Waals surface area contributed by atoms with Gasteiger partial charge >= 0.3 is 0 Å². The number of thiazole rings is 1. The van der Waals surface area contributed by atoms with Gasteiger partial charge in [0.1, 0.15) is 0 Å². The highest BCUT2D eigenvalue weighted by Crippen LogP contribution is 2.26. The zero-order chi connectivity index (χ0) is 16.9. The molecule has 24 heavy (non-hydrogen) atoms. The number of aromatic nitrogens is 1. The number of carbonyl (C=O) groups excluding carboxylic acids is 1. The zero-order valence-corrected chi connectivity index (χ0v) is 14.9. The van der Waals surface area contributed by atoms with Crippen LogP contribution in [-0.4, -0.2) is 16.6 Å². The average Bonchev–Trinajstić information content (AvgIpc) is 3.03. The molecule has 3 aromatic rings. The number of nitrogens with two attached hydrogens (primary N) is 1. The first-order valence-corrected chi connectivity index (χ1v) is 9.34. The van der Waals surface area contributed by atoms with Crippen molar-refractivity contribution >= 4 is 51.4 Å². The minimum absolute atomic E-state index is 0.0890. The Bertz CT molecular complexity index is 832. The van der Waals surface area contributed by atoms with Gasteiger partial charge in [-0.2, -0.15) is 0 Å². The van der Waals surface area contributed by atoms with Gasteiger partial charge in [0.15, 0.2) is 5.13 Å². The summed E-state index contributed by atoms with van der Waals surface area (Å²) in [6, 6.07) is 14.9. The van der Waals surface area contributed by atoms with Crippen LogP contribution in [0.3, 0.4) is 0 Å². The molecule has 0 fully saturated rings. The first kappa shape index (κ1) is 16.8. The summed E-state index contributed by atoms with van der Waals surface area (Å²) in [5.41, 5.74) is 8.13. The Morgan fingerprint density at radius 2 is 1.88 bits per heavy atom. The maximum atomic E-state index is 12.0. The predicted octanol–water partition coefficient (Wildman–Crippen LogP) is 4.78. The van der Waals surface area contributed by atoms with Crippen LogP contribution >= 0.6 is 34.7 Å². The smallest absolute Gasteiger partial charge is 0.236 e. The first-order chi connectivity index (χ1) is 11.6. The predicted molar refractivity (Wildman–Crippen MR) is 103 cm³/mol. The summed E-state index contributed by atoms with van der Waals surface area (Å²) in [5.74, 6) is 0.230. The van der Waals surface area contributed by atoms with Crippen molar-refractivity contribution in [2.75, 3.05) is 16.8 Å². The Morgan fingerprint density at radius 1 is 1.17 bits per heavy atom. The normalized spacial score (nSPS) is 10.5. The van der Waals surface area contributed by atoms with Crippen LogP contribution in [0.5, 0.6) is 0 Å². The Hall–Kier alpha value is -2.02. The van der Waals surface area contributed by atoms with Gasteiger partial charge in [-0.3, -0.25) is 4.79 Å². The molecule has 4 nitrogen and oxygen atoms in total. The minimum Gasteiger partial charge on any atom is -0.399 e. The van der Waals surface area contributed by atoms with Gasteiger partial charge in [-0.05, 0) is 36.4 Å². The molecule has 0 saturated carbocycles. The molecule has 7 heteroatoms. The molecule has 122 valence electrons. The number of carbonyl (C=O) groups is 1. The van der Waals surface area contributed by atoms with Crippen LogP contribution < -0.4 is 11.1 Å².